The van der Waals surface area contributed by atoms with E-state index < -0.39 is 0 Å². The van der Waals surface area contributed by atoms with E-state index in [9.17, 15) is 4.79 Å². The first-order valence-electron chi connectivity index (χ1n) is 4.26. The molecule has 63 valence electrons. The summed E-state index contributed by atoms with van der Waals surface area (Å²) >= 11 is 0. The fraction of sp³-hybridized carbons (Fsp3) is 0.778. The molecule has 2 nitrogen and oxygen atoms in total. The molecule has 0 aromatic rings. The Morgan fingerprint density at radius 3 is 2.73 bits per heavy atom. The zero-order valence-corrected chi connectivity index (χ0v) is 7.01. The topological polar surface area (TPSA) is 26.3 Å². The first-order valence-corrected chi connectivity index (χ1v) is 4.26. The van der Waals surface area contributed by atoms with Crippen LogP contribution in [0.4, 0.5) is 0 Å². The molecule has 1 aliphatic rings. The molecule has 0 aliphatic heterocycles. The minimum atomic E-state index is -0.128. The van der Waals surface area contributed by atoms with E-state index in [-0.39, 0.29) is 12.1 Å². The predicted octanol–water partition coefficient (Wildman–Crippen LogP) is 1.94. The molecule has 0 saturated heterocycles. The minimum absolute atomic E-state index is 0.101. The second-order valence-electron chi connectivity index (χ2n) is 3.07. The van der Waals surface area contributed by atoms with Crippen molar-refractivity contribution in [3.63, 3.8) is 0 Å². The number of esters is 1. The van der Waals surface area contributed by atoms with Gasteiger partial charge in [0.05, 0.1) is 0 Å². The summed E-state index contributed by atoms with van der Waals surface area (Å²) in [6.07, 6.45) is 3.96. The standard InChI is InChI=1S/C9H15O2/c1-3-9(10)11-7(2)8-5-4-6-8/h7-8H,2-6H2,1H3. The maximum absolute atomic E-state index is 10.8. The Balaban J connectivity index is 2.19. The molecule has 1 fully saturated rings. The molecule has 1 aliphatic carbocycles. The van der Waals surface area contributed by atoms with E-state index in [2.05, 4.69) is 6.92 Å². The van der Waals surface area contributed by atoms with Crippen molar-refractivity contribution < 1.29 is 9.53 Å². The summed E-state index contributed by atoms with van der Waals surface area (Å²) in [4.78, 5) is 10.8. The molecule has 0 bridgehead atoms. The molecular formula is C9H15O2. The lowest BCUT2D eigenvalue weighted by Crippen LogP contribution is -2.28. The Morgan fingerprint density at radius 2 is 2.36 bits per heavy atom. The summed E-state index contributed by atoms with van der Waals surface area (Å²) in [7, 11) is 0. The smallest absolute Gasteiger partial charge is 0.305 e. The number of carbonyl (C=O) groups excluding carboxylic acids is 1. The van der Waals surface area contributed by atoms with Crippen molar-refractivity contribution in [2.75, 3.05) is 0 Å². The highest BCUT2D eigenvalue weighted by Crippen LogP contribution is 2.30. The lowest BCUT2D eigenvalue weighted by atomic mass is 9.82. The summed E-state index contributed by atoms with van der Waals surface area (Å²) in [5, 5.41) is 0. The Bertz CT molecular complexity index is 138. The summed E-state index contributed by atoms with van der Waals surface area (Å²) in [6.45, 7) is 5.61. The summed E-state index contributed by atoms with van der Waals surface area (Å²) < 4.78 is 5.05. The predicted molar refractivity (Wildman–Crippen MR) is 42.9 cm³/mol. The molecule has 11 heavy (non-hydrogen) atoms. The van der Waals surface area contributed by atoms with E-state index >= 15 is 0 Å². The van der Waals surface area contributed by atoms with Crippen LogP contribution in [0.3, 0.4) is 0 Å². The molecule has 1 radical (unpaired) electrons. The van der Waals surface area contributed by atoms with E-state index in [0.29, 0.717) is 12.3 Å². The van der Waals surface area contributed by atoms with E-state index in [0.717, 1.165) is 0 Å². The van der Waals surface area contributed by atoms with Gasteiger partial charge in [-0.25, -0.2) is 0 Å². The molecule has 0 aromatic heterocycles. The van der Waals surface area contributed by atoms with Gasteiger partial charge in [-0.1, -0.05) is 13.3 Å². The Labute approximate surface area is 67.9 Å². The second-order valence-corrected chi connectivity index (χ2v) is 3.07. The second kappa shape index (κ2) is 3.74. The molecule has 0 spiro atoms. The quantitative estimate of drug-likeness (QED) is 0.582. The van der Waals surface area contributed by atoms with Gasteiger partial charge in [0.1, 0.15) is 6.10 Å². The third kappa shape index (κ3) is 2.21. The van der Waals surface area contributed by atoms with Crippen LogP contribution < -0.4 is 0 Å². The third-order valence-electron chi connectivity index (χ3n) is 2.25. The molecule has 1 atom stereocenters. The van der Waals surface area contributed by atoms with Crippen LogP contribution in [-0.4, -0.2) is 12.1 Å². The molecular weight excluding hydrogens is 140 g/mol. The number of rotatable bonds is 3. The van der Waals surface area contributed by atoms with Crippen molar-refractivity contribution in [3.05, 3.63) is 6.92 Å². The van der Waals surface area contributed by atoms with Gasteiger partial charge in [-0.05, 0) is 25.7 Å². The molecule has 2 heteroatoms. The highest BCUT2D eigenvalue weighted by molar-refractivity contribution is 5.69. The number of hydrogen-bond donors (Lipinski definition) is 0. The van der Waals surface area contributed by atoms with E-state index in [4.69, 9.17) is 4.74 Å². The van der Waals surface area contributed by atoms with Crippen molar-refractivity contribution >= 4 is 5.97 Å². The highest BCUT2D eigenvalue weighted by Gasteiger charge is 2.26. The highest BCUT2D eigenvalue weighted by atomic mass is 16.5. The number of ether oxygens (including phenoxy) is 1. The van der Waals surface area contributed by atoms with Gasteiger partial charge in [0.25, 0.3) is 0 Å². The van der Waals surface area contributed by atoms with Crippen LogP contribution in [0.5, 0.6) is 0 Å². The van der Waals surface area contributed by atoms with Crippen molar-refractivity contribution in [3.8, 4) is 0 Å². The molecule has 1 rings (SSSR count). The number of hydrogen-bond acceptors (Lipinski definition) is 2. The monoisotopic (exact) mass is 155 g/mol. The fourth-order valence-electron chi connectivity index (χ4n) is 1.16. The summed E-state index contributed by atoms with van der Waals surface area (Å²) in [5.74, 6) is 0.405. The third-order valence-corrected chi connectivity index (χ3v) is 2.25. The first kappa shape index (κ1) is 8.57. The van der Waals surface area contributed by atoms with Gasteiger partial charge in [0, 0.05) is 6.42 Å². The Morgan fingerprint density at radius 1 is 1.73 bits per heavy atom. The fourth-order valence-corrected chi connectivity index (χ4v) is 1.16. The van der Waals surface area contributed by atoms with Crippen LogP contribution in [0.1, 0.15) is 32.6 Å². The minimum Gasteiger partial charge on any atom is -0.462 e. The van der Waals surface area contributed by atoms with Crippen LogP contribution in [0.2, 0.25) is 0 Å². The lowest BCUT2D eigenvalue weighted by molar-refractivity contribution is -0.150. The molecule has 1 saturated carbocycles. The van der Waals surface area contributed by atoms with Gasteiger partial charge < -0.3 is 4.74 Å². The van der Waals surface area contributed by atoms with E-state index in [1.807, 2.05) is 0 Å². The van der Waals surface area contributed by atoms with Gasteiger partial charge in [0.2, 0.25) is 0 Å². The molecule has 0 N–H and O–H groups in total. The molecule has 0 heterocycles. The zero-order chi connectivity index (χ0) is 8.27. The molecule has 0 aromatic carbocycles. The van der Waals surface area contributed by atoms with Gasteiger partial charge in [-0.3, -0.25) is 4.79 Å². The van der Waals surface area contributed by atoms with Crippen molar-refractivity contribution in [1.82, 2.24) is 0 Å². The lowest BCUT2D eigenvalue weighted by Gasteiger charge is -2.30. The largest absolute Gasteiger partial charge is 0.462 e. The average Bonchev–Trinajstić information content (AvgIpc) is 1.83. The van der Waals surface area contributed by atoms with Gasteiger partial charge >= 0.3 is 5.97 Å². The number of carbonyl (C=O) groups is 1. The van der Waals surface area contributed by atoms with Gasteiger partial charge in [-0.2, -0.15) is 0 Å². The first-order chi connectivity index (χ1) is 5.24. The van der Waals surface area contributed by atoms with Crippen LogP contribution in [-0.2, 0) is 9.53 Å². The average molecular weight is 155 g/mol. The summed E-state index contributed by atoms with van der Waals surface area (Å²) in [5.41, 5.74) is 0. The van der Waals surface area contributed by atoms with Gasteiger partial charge in [-0.15, -0.1) is 0 Å². The molecule has 1 unspecified atom stereocenters. The van der Waals surface area contributed by atoms with Crippen molar-refractivity contribution in [2.24, 2.45) is 5.92 Å². The van der Waals surface area contributed by atoms with Crippen molar-refractivity contribution in [1.29, 1.82) is 0 Å². The maximum atomic E-state index is 10.8. The van der Waals surface area contributed by atoms with E-state index in [1.54, 1.807) is 6.92 Å². The Hall–Kier alpha value is -0.530. The van der Waals surface area contributed by atoms with Crippen LogP contribution in [0.25, 0.3) is 0 Å². The van der Waals surface area contributed by atoms with E-state index in [1.165, 1.54) is 19.3 Å². The summed E-state index contributed by atoms with van der Waals surface area (Å²) in [6, 6.07) is 0. The van der Waals surface area contributed by atoms with Crippen molar-refractivity contribution in [2.45, 2.75) is 38.7 Å². The van der Waals surface area contributed by atoms with Gasteiger partial charge in [0.15, 0.2) is 0 Å². The SMILES string of the molecule is [CH2]C(OC(=O)CC)C1CCC1. The van der Waals surface area contributed by atoms with Crippen LogP contribution in [0.15, 0.2) is 0 Å². The maximum Gasteiger partial charge on any atom is 0.305 e. The normalized spacial score (nSPS) is 20.5. The molecule has 0 amide bonds. The zero-order valence-electron chi connectivity index (χ0n) is 7.01. The Kier molecular flexibility index (Phi) is 2.92. The van der Waals surface area contributed by atoms with Crippen LogP contribution >= 0.6 is 0 Å². The van der Waals surface area contributed by atoms with Crippen LogP contribution in [0, 0.1) is 12.8 Å².